The van der Waals surface area contributed by atoms with Gasteiger partial charge in [0.05, 0.1) is 11.5 Å². The Morgan fingerprint density at radius 3 is 2.85 bits per heavy atom. The van der Waals surface area contributed by atoms with Crippen LogP contribution in [-0.2, 0) is 11.3 Å². The molecule has 1 saturated heterocycles. The van der Waals surface area contributed by atoms with Crippen molar-refractivity contribution in [1.29, 1.82) is 0 Å². The molecule has 0 radical (unpaired) electrons. The summed E-state index contributed by atoms with van der Waals surface area (Å²) in [6.07, 6.45) is 1.90. The summed E-state index contributed by atoms with van der Waals surface area (Å²) < 4.78 is 10.9. The van der Waals surface area contributed by atoms with Crippen molar-refractivity contribution in [3.8, 4) is 5.75 Å². The zero-order chi connectivity index (χ0) is 14.4. The minimum Gasteiger partial charge on any atom is -0.487 e. The topological polar surface area (TPSA) is 73.6 Å². The molecule has 0 atom stereocenters. The first-order valence-electron chi connectivity index (χ1n) is 6.83. The van der Waals surface area contributed by atoms with Crippen LogP contribution in [0.4, 0.5) is 5.69 Å². The summed E-state index contributed by atoms with van der Waals surface area (Å²) >= 11 is 0. The van der Waals surface area contributed by atoms with Crippen LogP contribution in [-0.4, -0.2) is 31.8 Å². The van der Waals surface area contributed by atoms with Crippen molar-refractivity contribution < 1.29 is 14.4 Å². The number of nitro benzene ring substituents is 1. The van der Waals surface area contributed by atoms with Crippen molar-refractivity contribution in [3.63, 3.8) is 0 Å². The molecule has 1 aromatic carbocycles. The molecule has 0 bridgehead atoms. The van der Waals surface area contributed by atoms with Crippen LogP contribution in [0.1, 0.15) is 18.4 Å². The van der Waals surface area contributed by atoms with Gasteiger partial charge in [0.2, 0.25) is 0 Å². The first-order chi connectivity index (χ1) is 9.70. The summed E-state index contributed by atoms with van der Waals surface area (Å²) in [6.45, 7) is 2.60. The molecule has 20 heavy (non-hydrogen) atoms. The van der Waals surface area contributed by atoms with Gasteiger partial charge in [-0.1, -0.05) is 6.07 Å². The van der Waals surface area contributed by atoms with Gasteiger partial charge in [0.15, 0.2) is 5.75 Å². The maximum atomic E-state index is 11.1. The molecule has 0 amide bonds. The van der Waals surface area contributed by atoms with E-state index in [0.29, 0.717) is 24.8 Å². The van der Waals surface area contributed by atoms with E-state index in [1.807, 2.05) is 6.07 Å². The second-order valence-electron chi connectivity index (χ2n) is 4.96. The average molecular weight is 280 g/mol. The molecule has 0 aromatic heterocycles. The monoisotopic (exact) mass is 280 g/mol. The summed E-state index contributed by atoms with van der Waals surface area (Å²) in [5, 5.41) is 14.1. The molecule has 2 rings (SSSR count). The van der Waals surface area contributed by atoms with E-state index in [9.17, 15) is 10.1 Å². The van der Waals surface area contributed by atoms with Gasteiger partial charge < -0.3 is 14.8 Å². The highest BCUT2D eigenvalue weighted by atomic mass is 16.6. The Morgan fingerprint density at radius 2 is 2.20 bits per heavy atom. The number of nitro groups is 1. The lowest BCUT2D eigenvalue weighted by Crippen LogP contribution is -2.21. The molecule has 1 heterocycles. The third-order valence-electron chi connectivity index (χ3n) is 3.42. The van der Waals surface area contributed by atoms with Crippen LogP contribution in [0.15, 0.2) is 18.2 Å². The fourth-order valence-corrected chi connectivity index (χ4v) is 2.26. The predicted molar refractivity (Wildman–Crippen MR) is 74.9 cm³/mol. The summed E-state index contributed by atoms with van der Waals surface area (Å²) in [6, 6.07) is 5.10. The molecule has 1 fully saturated rings. The van der Waals surface area contributed by atoms with Crippen LogP contribution in [0.2, 0.25) is 0 Å². The van der Waals surface area contributed by atoms with E-state index in [2.05, 4.69) is 5.32 Å². The highest BCUT2D eigenvalue weighted by molar-refractivity contribution is 5.48. The predicted octanol–water partition coefficient (Wildman–Crippen LogP) is 2.12. The molecule has 1 aliphatic rings. The number of rotatable bonds is 6. The number of nitrogens with zero attached hydrogens (tertiary/aromatic N) is 1. The van der Waals surface area contributed by atoms with E-state index in [1.54, 1.807) is 19.2 Å². The van der Waals surface area contributed by atoms with Crippen molar-refractivity contribution in [2.24, 2.45) is 5.92 Å². The Bertz CT molecular complexity index is 458. The lowest BCUT2D eigenvalue weighted by molar-refractivity contribution is -0.386. The van der Waals surface area contributed by atoms with Gasteiger partial charge in [-0.05, 0) is 37.4 Å². The number of benzene rings is 1. The van der Waals surface area contributed by atoms with Gasteiger partial charge in [-0.3, -0.25) is 10.1 Å². The smallest absolute Gasteiger partial charge is 0.311 e. The van der Waals surface area contributed by atoms with Crippen LogP contribution in [0.5, 0.6) is 5.75 Å². The molecule has 0 saturated carbocycles. The van der Waals surface area contributed by atoms with Gasteiger partial charge in [0.1, 0.15) is 0 Å². The number of hydrogen-bond donors (Lipinski definition) is 1. The van der Waals surface area contributed by atoms with Crippen molar-refractivity contribution in [3.05, 3.63) is 33.9 Å². The van der Waals surface area contributed by atoms with E-state index in [4.69, 9.17) is 9.47 Å². The normalized spacial score (nSPS) is 16.1. The van der Waals surface area contributed by atoms with Gasteiger partial charge in [-0.15, -0.1) is 0 Å². The van der Waals surface area contributed by atoms with Crippen LogP contribution in [0.3, 0.4) is 0 Å². The largest absolute Gasteiger partial charge is 0.487 e. The van der Waals surface area contributed by atoms with E-state index in [-0.39, 0.29) is 5.69 Å². The molecule has 110 valence electrons. The highest BCUT2D eigenvalue weighted by Crippen LogP contribution is 2.29. The van der Waals surface area contributed by atoms with Gasteiger partial charge >= 0.3 is 5.69 Å². The minimum absolute atomic E-state index is 0.0322. The van der Waals surface area contributed by atoms with Crippen molar-refractivity contribution >= 4 is 5.69 Å². The molecule has 0 spiro atoms. The van der Waals surface area contributed by atoms with E-state index < -0.39 is 4.92 Å². The average Bonchev–Trinajstić information content (AvgIpc) is 2.47. The molecule has 6 nitrogen and oxygen atoms in total. The zero-order valence-electron chi connectivity index (χ0n) is 11.6. The summed E-state index contributed by atoms with van der Waals surface area (Å²) in [4.78, 5) is 10.7. The Balaban J connectivity index is 2.03. The maximum Gasteiger partial charge on any atom is 0.311 e. The van der Waals surface area contributed by atoms with Gasteiger partial charge in [0.25, 0.3) is 0 Å². The Hall–Kier alpha value is -1.66. The van der Waals surface area contributed by atoms with E-state index in [0.717, 1.165) is 31.6 Å². The molecule has 1 aliphatic heterocycles. The number of nitrogens with one attached hydrogen (secondary N) is 1. The third kappa shape index (κ3) is 3.91. The third-order valence-corrected chi connectivity index (χ3v) is 3.42. The van der Waals surface area contributed by atoms with E-state index in [1.165, 1.54) is 0 Å². The van der Waals surface area contributed by atoms with Gasteiger partial charge in [0, 0.05) is 25.8 Å². The molecular formula is C14H20N2O4. The highest BCUT2D eigenvalue weighted by Gasteiger charge is 2.19. The molecular weight excluding hydrogens is 260 g/mol. The quantitative estimate of drug-likeness (QED) is 0.638. The first kappa shape index (κ1) is 14.7. The van der Waals surface area contributed by atoms with Crippen LogP contribution < -0.4 is 10.1 Å². The first-order valence-corrected chi connectivity index (χ1v) is 6.83. The van der Waals surface area contributed by atoms with Gasteiger partial charge in [-0.2, -0.15) is 0 Å². The molecule has 0 aliphatic carbocycles. The fraction of sp³-hybridized carbons (Fsp3) is 0.571. The Labute approximate surface area is 118 Å². The lowest BCUT2D eigenvalue weighted by Gasteiger charge is -2.22. The van der Waals surface area contributed by atoms with Crippen LogP contribution in [0.25, 0.3) is 0 Å². The van der Waals surface area contributed by atoms with Gasteiger partial charge in [-0.25, -0.2) is 0 Å². The Kier molecular flexibility index (Phi) is 5.31. The van der Waals surface area contributed by atoms with Crippen molar-refractivity contribution in [2.45, 2.75) is 19.4 Å². The fourth-order valence-electron chi connectivity index (χ4n) is 2.26. The van der Waals surface area contributed by atoms with Crippen LogP contribution in [0, 0.1) is 16.0 Å². The Morgan fingerprint density at radius 1 is 1.45 bits per heavy atom. The standard InChI is InChI=1S/C14H20N2O4/c1-15-9-12-2-3-14(13(8-12)16(17)18)20-10-11-4-6-19-7-5-11/h2-3,8,11,15H,4-7,9-10H2,1H3. The summed E-state index contributed by atoms with van der Waals surface area (Å²) in [5.74, 6) is 0.765. The second kappa shape index (κ2) is 7.21. The second-order valence-corrected chi connectivity index (χ2v) is 4.96. The molecule has 6 heteroatoms. The minimum atomic E-state index is -0.390. The maximum absolute atomic E-state index is 11.1. The molecule has 0 unspecified atom stereocenters. The van der Waals surface area contributed by atoms with E-state index >= 15 is 0 Å². The zero-order valence-corrected chi connectivity index (χ0v) is 11.6. The molecule has 1 aromatic rings. The summed E-state index contributed by atoms with van der Waals surface area (Å²) in [7, 11) is 1.81. The van der Waals surface area contributed by atoms with Crippen molar-refractivity contribution in [1.82, 2.24) is 5.32 Å². The number of ether oxygens (including phenoxy) is 2. The summed E-state index contributed by atoms with van der Waals surface area (Å²) in [5.41, 5.74) is 0.905. The van der Waals surface area contributed by atoms with Crippen molar-refractivity contribution in [2.75, 3.05) is 26.9 Å². The lowest BCUT2D eigenvalue weighted by atomic mass is 10.0. The molecule has 1 N–H and O–H groups in total. The van der Waals surface area contributed by atoms with Crippen LogP contribution >= 0.6 is 0 Å². The SMILES string of the molecule is CNCc1ccc(OCC2CCOCC2)c([N+](=O)[O-])c1. The number of hydrogen-bond acceptors (Lipinski definition) is 5.